The lowest BCUT2D eigenvalue weighted by Crippen LogP contribution is -2.34. The highest BCUT2D eigenvalue weighted by Gasteiger charge is 2.19. The molecule has 6 heteroatoms. The van der Waals surface area contributed by atoms with Crippen LogP contribution in [0.5, 0.6) is 5.88 Å². The van der Waals surface area contributed by atoms with E-state index in [0.717, 1.165) is 49.2 Å². The van der Waals surface area contributed by atoms with Crippen molar-refractivity contribution in [2.45, 2.75) is 31.8 Å². The predicted octanol–water partition coefficient (Wildman–Crippen LogP) is 2.48. The first-order chi connectivity index (χ1) is 11.8. The third kappa shape index (κ3) is 3.23. The van der Waals surface area contributed by atoms with Crippen molar-refractivity contribution in [1.29, 1.82) is 0 Å². The number of ketones is 1. The van der Waals surface area contributed by atoms with Crippen LogP contribution in [0.4, 0.5) is 11.5 Å². The topological polar surface area (TPSA) is 76.1 Å². The fourth-order valence-corrected chi connectivity index (χ4v) is 3.24. The monoisotopic (exact) mass is 324 g/mol. The summed E-state index contributed by atoms with van der Waals surface area (Å²) in [6.45, 7) is 1.96. The summed E-state index contributed by atoms with van der Waals surface area (Å²) in [6, 6.07) is 7.65. The van der Waals surface area contributed by atoms with Crippen LogP contribution < -0.4 is 15.4 Å². The first-order valence-electron chi connectivity index (χ1n) is 8.40. The van der Waals surface area contributed by atoms with Gasteiger partial charge < -0.3 is 15.4 Å². The Kier molecular flexibility index (Phi) is 4.13. The van der Waals surface area contributed by atoms with Gasteiger partial charge in [-0.1, -0.05) is 0 Å². The summed E-state index contributed by atoms with van der Waals surface area (Å²) in [5.74, 6) is 1.52. The predicted molar refractivity (Wildman–Crippen MR) is 90.9 cm³/mol. The molecule has 0 bridgehead atoms. The number of hydrogen-bond acceptors (Lipinski definition) is 6. The quantitative estimate of drug-likeness (QED) is 0.900. The van der Waals surface area contributed by atoms with Crippen LogP contribution in [-0.4, -0.2) is 34.9 Å². The molecule has 1 aliphatic heterocycles. The Hall–Kier alpha value is -2.47. The second kappa shape index (κ2) is 6.57. The van der Waals surface area contributed by atoms with Crippen LogP contribution in [0.25, 0.3) is 0 Å². The minimum Gasteiger partial charge on any atom is -0.474 e. The number of ether oxygens (including phenoxy) is 1. The van der Waals surface area contributed by atoms with Crippen molar-refractivity contribution < 1.29 is 9.53 Å². The Morgan fingerprint density at radius 3 is 2.88 bits per heavy atom. The number of aryl methyl sites for hydroxylation is 1. The average molecular weight is 324 g/mol. The number of piperidine rings is 1. The lowest BCUT2D eigenvalue weighted by Gasteiger charge is -2.23. The van der Waals surface area contributed by atoms with Crippen LogP contribution in [0.1, 0.15) is 35.2 Å². The lowest BCUT2D eigenvalue weighted by molar-refractivity contribution is 0.0994. The summed E-state index contributed by atoms with van der Waals surface area (Å²) >= 11 is 0. The Bertz CT molecular complexity index is 756. The van der Waals surface area contributed by atoms with Gasteiger partial charge in [0.1, 0.15) is 18.2 Å². The van der Waals surface area contributed by atoms with Crippen molar-refractivity contribution in [1.82, 2.24) is 15.3 Å². The molecule has 1 aliphatic carbocycles. The van der Waals surface area contributed by atoms with E-state index in [9.17, 15) is 4.79 Å². The van der Waals surface area contributed by atoms with Crippen molar-refractivity contribution in [2.24, 2.45) is 0 Å². The highest BCUT2D eigenvalue weighted by Crippen LogP contribution is 2.27. The number of carbonyl (C=O) groups excluding carboxylic acids is 1. The number of benzene rings is 1. The number of nitrogens with one attached hydrogen (secondary N) is 2. The molecule has 1 fully saturated rings. The van der Waals surface area contributed by atoms with Crippen molar-refractivity contribution in [3.8, 4) is 5.88 Å². The number of hydrogen-bond donors (Lipinski definition) is 2. The molecule has 1 saturated heterocycles. The molecule has 6 nitrogen and oxygen atoms in total. The van der Waals surface area contributed by atoms with Gasteiger partial charge in [-0.15, -0.1) is 0 Å². The molecule has 0 amide bonds. The van der Waals surface area contributed by atoms with Gasteiger partial charge in [-0.3, -0.25) is 4.79 Å². The molecule has 2 N–H and O–H groups in total. The average Bonchev–Trinajstić information content (AvgIpc) is 2.97. The highest BCUT2D eigenvalue weighted by molar-refractivity contribution is 6.00. The molecule has 24 heavy (non-hydrogen) atoms. The maximum Gasteiger partial charge on any atom is 0.218 e. The third-order valence-corrected chi connectivity index (χ3v) is 4.52. The molecule has 0 unspecified atom stereocenters. The molecule has 4 rings (SSSR count). The van der Waals surface area contributed by atoms with E-state index in [4.69, 9.17) is 4.74 Å². The second-order valence-electron chi connectivity index (χ2n) is 6.23. The summed E-state index contributed by atoms with van der Waals surface area (Å²) in [5, 5.41) is 6.59. The van der Waals surface area contributed by atoms with Gasteiger partial charge in [0.25, 0.3) is 0 Å². The fourth-order valence-electron chi connectivity index (χ4n) is 3.24. The van der Waals surface area contributed by atoms with E-state index in [1.807, 2.05) is 24.3 Å². The van der Waals surface area contributed by atoms with Gasteiger partial charge in [0.2, 0.25) is 5.88 Å². The Balaban J connectivity index is 1.47. The van der Waals surface area contributed by atoms with E-state index in [1.165, 1.54) is 6.33 Å². The first-order valence-corrected chi connectivity index (χ1v) is 8.40. The Labute approximate surface area is 140 Å². The molecule has 2 heterocycles. The number of aromatic nitrogens is 2. The summed E-state index contributed by atoms with van der Waals surface area (Å²) in [6.07, 6.45) is 5.13. The molecular formula is C18H20N4O2. The summed E-state index contributed by atoms with van der Waals surface area (Å²) < 4.78 is 5.95. The molecule has 2 aromatic rings. The van der Waals surface area contributed by atoms with Gasteiger partial charge >= 0.3 is 0 Å². The molecule has 0 spiro atoms. The van der Waals surface area contributed by atoms with Crippen LogP contribution in [-0.2, 0) is 6.42 Å². The minimum atomic E-state index is 0.208. The second-order valence-corrected chi connectivity index (χ2v) is 6.23. The van der Waals surface area contributed by atoms with Crippen molar-refractivity contribution >= 4 is 17.3 Å². The van der Waals surface area contributed by atoms with E-state index in [-0.39, 0.29) is 11.9 Å². The van der Waals surface area contributed by atoms with Gasteiger partial charge in [0, 0.05) is 23.7 Å². The summed E-state index contributed by atoms with van der Waals surface area (Å²) in [5.41, 5.74) is 2.87. The number of anilines is 2. The van der Waals surface area contributed by atoms with E-state index in [2.05, 4.69) is 20.6 Å². The normalized spacial score (nSPS) is 17.6. The zero-order chi connectivity index (χ0) is 16.4. The Morgan fingerprint density at radius 2 is 2.00 bits per heavy atom. The number of nitrogens with zero attached hydrogens (tertiary/aromatic N) is 2. The van der Waals surface area contributed by atoms with E-state index in [1.54, 1.807) is 0 Å². The van der Waals surface area contributed by atoms with Crippen molar-refractivity contribution in [3.05, 3.63) is 41.7 Å². The van der Waals surface area contributed by atoms with Gasteiger partial charge in [0.05, 0.1) is 0 Å². The van der Waals surface area contributed by atoms with Gasteiger partial charge in [-0.25, -0.2) is 9.97 Å². The molecule has 0 radical (unpaired) electrons. The molecule has 1 aromatic heterocycles. The van der Waals surface area contributed by atoms with Crippen molar-refractivity contribution in [2.75, 3.05) is 18.4 Å². The standard InChI is InChI=1S/C18H20N4O2/c23-16-4-1-12-9-13(2-3-15(12)16)22-17-10-18(21-11-20-17)24-14-5-7-19-8-6-14/h2-3,9-11,14,19H,1,4-8H2,(H,20,21,22). The first kappa shape index (κ1) is 15.1. The van der Waals surface area contributed by atoms with Crippen LogP contribution in [0.15, 0.2) is 30.6 Å². The van der Waals surface area contributed by atoms with Crippen molar-refractivity contribution in [3.63, 3.8) is 0 Å². The maximum absolute atomic E-state index is 11.7. The zero-order valence-electron chi connectivity index (χ0n) is 13.4. The van der Waals surface area contributed by atoms with Crippen LogP contribution in [0.3, 0.4) is 0 Å². The fraction of sp³-hybridized carbons (Fsp3) is 0.389. The molecule has 2 aliphatic rings. The Morgan fingerprint density at radius 1 is 1.12 bits per heavy atom. The largest absolute Gasteiger partial charge is 0.474 e. The smallest absolute Gasteiger partial charge is 0.218 e. The maximum atomic E-state index is 11.7. The van der Waals surface area contributed by atoms with E-state index in [0.29, 0.717) is 18.1 Å². The SMILES string of the molecule is O=C1CCc2cc(Nc3cc(OC4CCNCC4)ncn3)ccc21. The molecular weight excluding hydrogens is 304 g/mol. The molecule has 124 valence electrons. The molecule has 1 aromatic carbocycles. The highest BCUT2D eigenvalue weighted by atomic mass is 16.5. The number of rotatable bonds is 4. The number of Topliss-reactive ketones (excluding diaryl/α,β-unsaturated/α-hetero) is 1. The zero-order valence-corrected chi connectivity index (χ0v) is 13.4. The minimum absolute atomic E-state index is 0.208. The van der Waals surface area contributed by atoms with Crippen LogP contribution in [0.2, 0.25) is 0 Å². The molecule has 0 atom stereocenters. The summed E-state index contributed by atoms with van der Waals surface area (Å²) in [7, 11) is 0. The van der Waals surface area contributed by atoms with Gasteiger partial charge in [-0.2, -0.15) is 0 Å². The van der Waals surface area contributed by atoms with E-state index < -0.39 is 0 Å². The van der Waals surface area contributed by atoms with Crippen LogP contribution in [0, 0.1) is 0 Å². The van der Waals surface area contributed by atoms with Gasteiger partial charge in [-0.05, 0) is 56.1 Å². The number of carbonyl (C=O) groups is 1. The number of fused-ring (bicyclic) bond motifs is 1. The van der Waals surface area contributed by atoms with Crippen LogP contribution >= 0.6 is 0 Å². The summed E-state index contributed by atoms with van der Waals surface area (Å²) in [4.78, 5) is 20.2. The van der Waals surface area contributed by atoms with Gasteiger partial charge in [0.15, 0.2) is 5.78 Å². The lowest BCUT2D eigenvalue weighted by atomic mass is 10.1. The van der Waals surface area contributed by atoms with E-state index >= 15 is 0 Å². The third-order valence-electron chi connectivity index (χ3n) is 4.52. The molecule has 0 saturated carbocycles.